The second-order valence-electron chi connectivity index (χ2n) is 18.1. The van der Waals surface area contributed by atoms with Crippen LogP contribution in [0, 0.1) is 17.3 Å². The first-order chi connectivity index (χ1) is 27.9. The van der Waals surface area contributed by atoms with E-state index in [9.17, 15) is 14.4 Å². The van der Waals surface area contributed by atoms with E-state index in [0.717, 1.165) is 41.5 Å². The Morgan fingerprint density at radius 3 is 2.40 bits per heavy atom. The lowest BCUT2D eigenvalue weighted by Crippen LogP contribution is -2.45. The highest BCUT2D eigenvalue weighted by atomic mass is 16.8. The first-order valence-electron chi connectivity index (χ1n) is 21.0. The van der Waals surface area contributed by atoms with E-state index in [0.29, 0.717) is 52.9 Å². The first kappa shape index (κ1) is 38.9. The van der Waals surface area contributed by atoms with Gasteiger partial charge in [0.15, 0.2) is 5.79 Å². The molecule has 0 aromatic heterocycles. The average molecular weight is 787 g/mol. The van der Waals surface area contributed by atoms with Crippen molar-refractivity contribution in [2.75, 3.05) is 13.2 Å². The molecule has 2 amide bonds. The van der Waals surface area contributed by atoms with E-state index in [-0.39, 0.29) is 43.5 Å². The largest absolute Gasteiger partial charge is 0.456 e. The number of aliphatic hydroxyl groups excluding tert-OH is 1. The van der Waals surface area contributed by atoms with Crippen LogP contribution in [0.5, 0.6) is 0 Å². The van der Waals surface area contributed by atoms with Gasteiger partial charge >= 0.3 is 5.97 Å². The average Bonchev–Trinajstić information content (AvgIpc) is 3.50. The highest BCUT2D eigenvalue weighted by molar-refractivity contribution is 5.95. The van der Waals surface area contributed by atoms with Crippen LogP contribution in [-0.2, 0) is 43.1 Å². The summed E-state index contributed by atoms with van der Waals surface area (Å²) >= 11 is 0. The monoisotopic (exact) mass is 786 g/mol. The van der Waals surface area contributed by atoms with Crippen molar-refractivity contribution in [1.29, 1.82) is 0 Å². The first-order valence-corrected chi connectivity index (χ1v) is 21.0. The van der Waals surface area contributed by atoms with E-state index in [1.54, 1.807) is 18.2 Å². The van der Waals surface area contributed by atoms with Crippen LogP contribution in [0.15, 0.2) is 90.0 Å². The molecular formula is C48H54N2O8. The van der Waals surface area contributed by atoms with Crippen molar-refractivity contribution in [3.05, 3.63) is 123 Å². The number of hydrogen-bond acceptors (Lipinski definition) is 8. The van der Waals surface area contributed by atoms with E-state index in [4.69, 9.17) is 24.1 Å². The van der Waals surface area contributed by atoms with Gasteiger partial charge in [-0.25, -0.2) is 4.79 Å². The molecule has 7 unspecified atom stereocenters. The number of carbonyl (C=O) groups excluding carboxylic acids is 3. The molecule has 1 spiro atoms. The molecule has 2 aliphatic heterocycles. The van der Waals surface area contributed by atoms with Crippen LogP contribution in [0.1, 0.15) is 102 Å². The molecule has 3 N–H and O–H groups in total. The van der Waals surface area contributed by atoms with E-state index in [1.165, 1.54) is 18.4 Å². The van der Waals surface area contributed by atoms with Crippen LogP contribution in [0.4, 0.5) is 0 Å². The minimum absolute atomic E-state index is 0.0412. The maximum Gasteiger partial charge on any atom is 0.338 e. The van der Waals surface area contributed by atoms with Gasteiger partial charge in [0.25, 0.3) is 5.91 Å². The maximum absolute atomic E-state index is 13.9. The van der Waals surface area contributed by atoms with E-state index < -0.39 is 30.1 Å². The van der Waals surface area contributed by atoms with Crippen molar-refractivity contribution >= 4 is 23.9 Å². The molecule has 10 nitrogen and oxygen atoms in total. The number of amides is 2. The third-order valence-corrected chi connectivity index (χ3v) is 13.7. The molecule has 4 aliphatic carbocycles. The number of fused-ring (bicyclic) bond motifs is 4. The van der Waals surface area contributed by atoms with Gasteiger partial charge in [0.1, 0.15) is 18.3 Å². The fourth-order valence-corrected chi connectivity index (χ4v) is 10.4. The standard InChI is InChI=1S/C48H54N2O8/c1-46(2)27-37-32(15-16-41-47(3,57-41)18-17-38(37)46)21-29-11-13-31(14-12-29)45(54)55-39-23-36(44(53)50-28-30-7-6-10-33(22-30)43(52)49-19-20-51)24-40-42(39)58-48(56-40)25-34-8-4-5-9-35(34)26-48/h4-14,21-22,24,37-42,51H,15-20,23,25-28H2,1-3H3,(H,49,52)(H,50,53). The molecular weight excluding hydrogens is 733 g/mol. The molecule has 0 bridgehead atoms. The molecule has 7 atom stereocenters. The van der Waals surface area contributed by atoms with Gasteiger partial charge in [-0.3, -0.25) is 9.59 Å². The van der Waals surface area contributed by atoms with Crippen molar-refractivity contribution in [2.24, 2.45) is 17.3 Å². The molecule has 2 heterocycles. The minimum atomic E-state index is -0.909. The van der Waals surface area contributed by atoms with Crippen LogP contribution in [0.25, 0.3) is 6.08 Å². The lowest BCUT2D eigenvalue weighted by Gasteiger charge is -2.53. The summed E-state index contributed by atoms with van der Waals surface area (Å²) in [5.74, 6) is -0.774. The summed E-state index contributed by atoms with van der Waals surface area (Å²) in [6.45, 7) is 7.26. The van der Waals surface area contributed by atoms with Crippen molar-refractivity contribution in [3.8, 4) is 0 Å². The number of esters is 1. The molecule has 2 saturated carbocycles. The number of ether oxygens (including phenoxy) is 4. The molecule has 6 aliphatic rings. The summed E-state index contributed by atoms with van der Waals surface area (Å²) in [5, 5.41) is 14.7. The summed E-state index contributed by atoms with van der Waals surface area (Å²) < 4.78 is 25.8. The van der Waals surface area contributed by atoms with Crippen LogP contribution in [0.2, 0.25) is 0 Å². The molecule has 3 aromatic rings. The van der Waals surface area contributed by atoms with Crippen molar-refractivity contribution in [2.45, 2.75) is 114 Å². The molecule has 58 heavy (non-hydrogen) atoms. The zero-order valence-electron chi connectivity index (χ0n) is 33.6. The molecule has 0 radical (unpaired) electrons. The quantitative estimate of drug-likeness (QED) is 0.163. The third kappa shape index (κ3) is 7.68. The summed E-state index contributed by atoms with van der Waals surface area (Å²) in [5.41, 5.74) is 7.30. The Hall–Kier alpha value is -4.61. The fraction of sp³-hybridized carbons (Fsp3) is 0.479. The number of aliphatic hydroxyl groups is 1. The van der Waals surface area contributed by atoms with Gasteiger partial charge in [-0.05, 0) is 109 Å². The van der Waals surface area contributed by atoms with E-state index >= 15 is 0 Å². The topological polar surface area (TPSA) is 136 Å². The van der Waals surface area contributed by atoms with Crippen molar-refractivity contribution in [1.82, 2.24) is 10.6 Å². The normalized spacial score (nSPS) is 30.6. The Kier molecular flexibility index (Phi) is 10.2. The van der Waals surface area contributed by atoms with E-state index in [1.807, 2.05) is 48.5 Å². The van der Waals surface area contributed by atoms with Crippen LogP contribution in [0.3, 0.4) is 0 Å². The number of nitrogens with one attached hydrogen (secondary N) is 2. The zero-order chi connectivity index (χ0) is 40.2. The number of rotatable bonds is 9. The van der Waals surface area contributed by atoms with Gasteiger partial charge < -0.3 is 34.7 Å². The number of allylic oxidation sites excluding steroid dienone is 1. The van der Waals surface area contributed by atoms with Crippen molar-refractivity contribution < 1.29 is 38.4 Å². The molecule has 304 valence electrons. The lowest BCUT2D eigenvalue weighted by molar-refractivity contribution is -0.172. The van der Waals surface area contributed by atoms with Gasteiger partial charge in [0, 0.05) is 43.5 Å². The second kappa shape index (κ2) is 15.2. The Morgan fingerprint density at radius 2 is 1.66 bits per heavy atom. The smallest absolute Gasteiger partial charge is 0.338 e. The Bertz CT molecular complexity index is 2130. The van der Waals surface area contributed by atoms with Crippen LogP contribution >= 0.6 is 0 Å². The van der Waals surface area contributed by atoms with E-state index in [2.05, 4.69) is 49.6 Å². The Labute approximate surface area is 340 Å². The number of benzene rings is 3. The molecule has 9 rings (SSSR count). The van der Waals surface area contributed by atoms with Crippen molar-refractivity contribution in [3.63, 3.8) is 0 Å². The summed E-state index contributed by atoms with van der Waals surface area (Å²) in [6, 6.07) is 22.8. The Morgan fingerprint density at radius 1 is 0.879 bits per heavy atom. The highest BCUT2D eigenvalue weighted by Gasteiger charge is 2.57. The number of epoxide rings is 1. The van der Waals surface area contributed by atoms with Gasteiger partial charge in [0.2, 0.25) is 5.91 Å². The highest BCUT2D eigenvalue weighted by Crippen LogP contribution is 2.60. The molecule has 2 saturated heterocycles. The number of hydrogen-bond donors (Lipinski definition) is 3. The zero-order valence-corrected chi connectivity index (χ0v) is 33.6. The molecule has 10 heteroatoms. The minimum Gasteiger partial charge on any atom is -0.456 e. The van der Waals surface area contributed by atoms with Gasteiger partial charge in [-0.2, -0.15) is 0 Å². The third-order valence-electron chi connectivity index (χ3n) is 13.7. The van der Waals surface area contributed by atoms with Gasteiger partial charge in [-0.15, -0.1) is 0 Å². The van der Waals surface area contributed by atoms with Gasteiger partial charge in [-0.1, -0.05) is 74.0 Å². The van der Waals surface area contributed by atoms with Crippen LogP contribution < -0.4 is 10.6 Å². The summed E-state index contributed by atoms with van der Waals surface area (Å²) in [4.78, 5) is 40.1. The second-order valence-corrected chi connectivity index (χ2v) is 18.1. The number of carbonyl (C=O) groups is 3. The predicted molar refractivity (Wildman–Crippen MR) is 217 cm³/mol. The maximum atomic E-state index is 13.9. The molecule has 3 aromatic carbocycles. The Balaban J connectivity index is 0.904. The summed E-state index contributed by atoms with van der Waals surface area (Å²) in [7, 11) is 0. The van der Waals surface area contributed by atoms with Crippen LogP contribution in [-0.4, -0.2) is 71.8 Å². The summed E-state index contributed by atoms with van der Waals surface area (Å²) in [6.07, 6.45) is 9.42. The van der Waals surface area contributed by atoms with Gasteiger partial charge in [0.05, 0.1) is 23.9 Å². The SMILES string of the molecule is CC1(C)CC2C(=Cc3ccc(C(=O)OC4CC(C(=O)NCc5cccc(C(=O)NCCO)c5)=CC5OC6(Cc7ccccc7C6)OC54)cc3)CCC3OC3(C)CCC21. The molecule has 4 fully saturated rings. The fourth-order valence-electron chi connectivity index (χ4n) is 10.4. The predicted octanol–water partition coefficient (Wildman–Crippen LogP) is 6.64. The lowest BCUT2D eigenvalue weighted by atomic mass is 9.52.